The Morgan fingerprint density at radius 3 is 2.36 bits per heavy atom. The number of nitrogens with zero attached hydrogens (tertiary/aromatic N) is 2. The summed E-state index contributed by atoms with van der Waals surface area (Å²) in [5, 5.41) is 2.95. The topological polar surface area (TPSA) is 76.8 Å². The van der Waals surface area contributed by atoms with Gasteiger partial charge in [-0.1, -0.05) is 0 Å². The number of hydrogen-bond donors (Lipinski definition) is 2. The van der Waals surface area contributed by atoms with Crippen LogP contribution in [0.3, 0.4) is 0 Å². The molecule has 0 saturated heterocycles. The summed E-state index contributed by atoms with van der Waals surface area (Å²) in [4.78, 5) is 3.33. The van der Waals surface area contributed by atoms with Crippen molar-refractivity contribution in [3.05, 3.63) is 0 Å². The predicted octanol–water partition coefficient (Wildman–Crippen LogP) is 0.834. The third kappa shape index (κ3) is 2.90. The second kappa shape index (κ2) is 3.85. The van der Waals surface area contributed by atoms with Crippen LogP contribution in [0.25, 0.3) is 0 Å². The van der Waals surface area contributed by atoms with Crippen molar-refractivity contribution in [1.82, 2.24) is 0 Å². The molecule has 1 saturated carbocycles. The van der Waals surface area contributed by atoms with E-state index in [1.165, 1.54) is 0 Å². The number of nitrogens with two attached hydrogens (primary N) is 2. The number of hydrazone groups is 1. The summed E-state index contributed by atoms with van der Waals surface area (Å²) in [6.07, 6.45) is -2.32. The van der Waals surface area contributed by atoms with E-state index in [0.717, 1.165) is 6.21 Å². The van der Waals surface area contributed by atoms with Crippen molar-refractivity contribution in [3.8, 4) is 0 Å². The minimum Gasteiger partial charge on any atom is -0.367 e. The maximum absolute atomic E-state index is 12.4. The van der Waals surface area contributed by atoms with Crippen LogP contribution in [0.2, 0.25) is 0 Å². The zero-order valence-corrected chi connectivity index (χ0v) is 7.33. The summed E-state index contributed by atoms with van der Waals surface area (Å²) >= 11 is 0. The molecule has 1 rings (SSSR count). The molecule has 0 aromatic rings. The normalized spacial score (nSPS) is 21.5. The Morgan fingerprint density at radius 2 is 2.00 bits per heavy atom. The van der Waals surface area contributed by atoms with Crippen molar-refractivity contribution < 1.29 is 13.2 Å². The van der Waals surface area contributed by atoms with Gasteiger partial charge < -0.3 is 11.6 Å². The van der Waals surface area contributed by atoms with Gasteiger partial charge in [-0.3, -0.25) is 0 Å². The molecular weight excluding hydrogens is 197 g/mol. The van der Waals surface area contributed by atoms with Gasteiger partial charge in [0.2, 0.25) is 5.96 Å². The summed E-state index contributed by atoms with van der Waals surface area (Å²) in [5.41, 5.74) is 5.04. The SMILES string of the molecule is N/N=C(\N)N=CC(C1CC1)C(F)(F)F. The van der Waals surface area contributed by atoms with E-state index >= 15 is 0 Å². The van der Waals surface area contributed by atoms with Gasteiger partial charge in [0.15, 0.2) is 0 Å². The van der Waals surface area contributed by atoms with Crippen LogP contribution in [-0.4, -0.2) is 18.4 Å². The Labute approximate surface area is 78.9 Å². The fourth-order valence-electron chi connectivity index (χ4n) is 1.12. The van der Waals surface area contributed by atoms with E-state index in [-0.39, 0.29) is 11.9 Å². The highest BCUT2D eigenvalue weighted by Gasteiger charge is 2.47. The molecule has 4 N–H and O–H groups in total. The van der Waals surface area contributed by atoms with Gasteiger partial charge in [-0.15, -0.1) is 5.10 Å². The van der Waals surface area contributed by atoms with Gasteiger partial charge in [0, 0.05) is 6.21 Å². The highest BCUT2D eigenvalue weighted by molar-refractivity contribution is 5.87. The fraction of sp³-hybridized carbons (Fsp3) is 0.714. The first-order valence-corrected chi connectivity index (χ1v) is 4.09. The lowest BCUT2D eigenvalue weighted by Crippen LogP contribution is -2.27. The van der Waals surface area contributed by atoms with Gasteiger partial charge in [0.05, 0.1) is 5.92 Å². The first kappa shape index (κ1) is 10.8. The molecule has 14 heavy (non-hydrogen) atoms. The van der Waals surface area contributed by atoms with Crippen LogP contribution in [0.4, 0.5) is 13.2 Å². The number of guanidine groups is 1. The Hall–Kier alpha value is -1.27. The van der Waals surface area contributed by atoms with Crippen molar-refractivity contribution in [3.63, 3.8) is 0 Å². The quantitative estimate of drug-likeness (QED) is 0.305. The number of halogens is 3. The van der Waals surface area contributed by atoms with Gasteiger partial charge in [-0.05, 0) is 18.8 Å². The average Bonchev–Trinajstić information content (AvgIpc) is 2.85. The molecule has 0 aromatic heterocycles. The molecule has 0 bridgehead atoms. The van der Waals surface area contributed by atoms with Crippen LogP contribution >= 0.6 is 0 Å². The van der Waals surface area contributed by atoms with Gasteiger partial charge in [-0.2, -0.15) is 13.2 Å². The van der Waals surface area contributed by atoms with Crippen LogP contribution in [0, 0.1) is 11.8 Å². The van der Waals surface area contributed by atoms with E-state index in [4.69, 9.17) is 11.6 Å². The average molecular weight is 208 g/mol. The van der Waals surface area contributed by atoms with E-state index in [2.05, 4.69) is 10.1 Å². The first-order chi connectivity index (χ1) is 6.45. The molecule has 1 atom stereocenters. The van der Waals surface area contributed by atoms with E-state index in [9.17, 15) is 13.2 Å². The van der Waals surface area contributed by atoms with Crippen LogP contribution in [0.1, 0.15) is 12.8 Å². The molecule has 80 valence electrons. The molecule has 1 aliphatic rings. The van der Waals surface area contributed by atoms with Crippen molar-refractivity contribution in [2.45, 2.75) is 19.0 Å². The van der Waals surface area contributed by atoms with Gasteiger partial charge in [-0.25, -0.2) is 4.99 Å². The summed E-state index contributed by atoms with van der Waals surface area (Å²) < 4.78 is 37.1. The third-order valence-corrected chi connectivity index (χ3v) is 2.01. The van der Waals surface area contributed by atoms with E-state index < -0.39 is 12.1 Å². The molecule has 0 spiro atoms. The maximum atomic E-state index is 12.4. The van der Waals surface area contributed by atoms with Gasteiger partial charge in [0.25, 0.3) is 0 Å². The number of aliphatic imine (C=N–C) groups is 1. The Kier molecular flexibility index (Phi) is 2.97. The van der Waals surface area contributed by atoms with Crippen LogP contribution < -0.4 is 11.6 Å². The lowest BCUT2D eigenvalue weighted by Gasteiger charge is -2.14. The van der Waals surface area contributed by atoms with Crippen LogP contribution in [0.5, 0.6) is 0 Å². The molecule has 0 aromatic carbocycles. The minimum atomic E-state index is -4.26. The highest BCUT2D eigenvalue weighted by Crippen LogP contribution is 2.44. The van der Waals surface area contributed by atoms with Crippen molar-refractivity contribution >= 4 is 12.2 Å². The van der Waals surface area contributed by atoms with Crippen molar-refractivity contribution in [2.24, 2.45) is 33.5 Å². The Bertz CT molecular complexity index is 254. The second-order valence-corrected chi connectivity index (χ2v) is 3.17. The largest absolute Gasteiger partial charge is 0.396 e. The van der Waals surface area contributed by atoms with Gasteiger partial charge >= 0.3 is 6.18 Å². The number of alkyl halides is 3. The van der Waals surface area contributed by atoms with E-state index in [1.54, 1.807) is 0 Å². The smallest absolute Gasteiger partial charge is 0.367 e. The summed E-state index contributed by atoms with van der Waals surface area (Å²) in [7, 11) is 0. The zero-order valence-electron chi connectivity index (χ0n) is 7.33. The lowest BCUT2D eigenvalue weighted by molar-refractivity contribution is -0.158. The summed E-state index contributed by atoms with van der Waals surface area (Å²) in [6, 6.07) is 0. The molecular formula is C7H11F3N4. The standard InChI is InChI=1S/C7H11F3N4/c8-7(9,10)5(4-1-2-4)3-13-6(11)14-12/h3-5H,1-2,12H2,(H2,11,14). The Balaban J connectivity index is 2.65. The lowest BCUT2D eigenvalue weighted by atomic mass is 10.1. The van der Waals surface area contributed by atoms with Crippen LogP contribution in [0.15, 0.2) is 10.1 Å². The second-order valence-electron chi connectivity index (χ2n) is 3.17. The van der Waals surface area contributed by atoms with Crippen molar-refractivity contribution in [2.75, 3.05) is 0 Å². The van der Waals surface area contributed by atoms with Gasteiger partial charge in [0.1, 0.15) is 0 Å². The molecule has 7 heteroatoms. The highest BCUT2D eigenvalue weighted by atomic mass is 19.4. The number of rotatable bonds is 2. The molecule has 1 aliphatic carbocycles. The predicted molar refractivity (Wildman–Crippen MR) is 46.6 cm³/mol. The molecule has 1 fully saturated rings. The molecule has 0 amide bonds. The monoisotopic (exact) mass is 208 g/mol. The molecule has 1 unspecified atom stereocenters. The summed E-state index contributed by atoms with van der Waals surface area (Å²) in [5.74, 6) is 2.50. The third-order valence-electron chi connectivity index (χ3n) is 2.01. The molecule has 0 heterocycles. The molecule has 0 radical (unpaired) electrons. The van der Waals surface area contributed by atoms with Crippen LogP contribution in [-0.2, 0) is 0 Å². The molecule has 0 aliphatic heterocycles. The molecule has 4 nitrogen and oxygen atoms in total. The zero-order chi connectivity index (χ0) is 10.8. The first-order valence-electron chi connectivity index (χ1n) is 4.09. The number of hydrogen-bond acceptors (Lipinski definition) is 2. The maximum Gasteiger partial charge on any atom is 0.396 e. The summed E-state index contributed by atoms with van der Waals surface area (Å²) in [6.45, 7) is 0. The van der Waals surface area contributed by atoms with Crippen molar-refractivity contribution in [1.29, 1.82) is 0 Å². The minimum absolute atomic E-state index is 0.347. The van der Waals surface area contributed by atoms with E-state index in [1.807, 2.05) is 0 Å². The fourth-order valence-corrected chi connectivity index (χ4v) is 1.12. The Morgan fingerprint density at radius 1 is 1.43 bits per heavy atom. The van der Waals surface area contributed by atoms with E-state index in [0.29, 0.717) is 12.8 Å².